The van der Waals surface area contributed by atoms with Gasteiger partial charge >= 0.3 is 0 Å². The number of hydrogen-bond donors (Lipinski definition) is 2. The topological polar surface area (TPSA) is 63.8 Å². The van der Waals surface area contributed by atoms with Gasteiger partial charge in [0.1, 0.15) is 5.82 Å². The third-order valence-corrected chi connectivity index (χ3v) is 3.75. The van der Waals surface area contributed by atoms with Crippen molar-refractivity contribution in [2.75, 3.05) is 11.9 Å². The van der Waals surface area contributed by atoms with E-state index in [1.165, 1.54) is 12.8 Å². The Bertz CT molecular complexity index is 379. The molecule has 1 aliphatic rings. The molecule has 3 N–H and O–H groups in total. The van der Waals surface area contributed by atoms with Crippen LogP contribution in [0.1, 0.15) is 38.3 Å². The zero-order valence-corrected chi connectivity index (χ0v) is 10.7. The van der Waals surface area contributed by atoms with Crippen LogP contribution in [0, 0.1) is 12.8 Å². The standard InChI is InChI=1S/C13H22N4/c1-10-4-3-5-13(8-10,9-14)17-12-11(2)15-6-7-16-12/h6-7,10H,3-5,8-9,14H2,1-2H3,(H,16,17). The lowest BCUT2D eigenvalue weighted by molar-refractivity contribution is 0.263. The number of anilines is 1. The molecule has 2 atom stereocenters. The molecule has 1 heterocycles. The summed E-state index contributed by atoms with van der Waals surface area (Å²) in [6.45, 7) is 4.94. The Hall–Kier alpha value is -1.16. The largest absolute Gasteiger partial charge is 0.362 e. The quantitative estimate of drug-likeness (QED) is 0.840. The number of nitrogens with zero attached hydrogens (tertiary/aromatic N) is 2. The Morgan fingerprint density at radius 3 is 2.88 bits per heavy atom. The second kappa shape index (κ2) is 5.00. The zero-order chi connectivity index (χ0) is 12.3. The molecule has 2 rings (SSSR count). The van der Waals surface area contributed by atoms with E-state index in [-0.39, 0.29) is 5.54 Å². The van der Waals surface area contributed by atoms with Crippen LogP contribution in [0.4, 0.5) is 5.82 Å². The van der Waals surface area contributed by atoms with Gasteiger partial charge in [0.05, 0.1) is 11.2 Å². The van der Waals surface area contributed by atoms with E-state index in [0.29, 0.717) is 6.54 Å². The van der Waals surface area contributed by atoms with Gasteiger partial charge in [-0.25, -0.2) is 4.98 Å². The Kier molecular flexibility index (Phi) is 3.62. The van der Waals surface area contributed by atoms with Crippen molar-refractivity contribution in [1.29, 1.82) is 0 Å². The number of aryl methyl sites for hydroxylation is 1. The first-order chi connectivity index (χ1) is 8.15. The summed E-state index contributed by atoms with van der Waals surface area (Å²) in [5.41, 5.74) is 6.94. The first kappa shape index (κ1) is 12.3. The number of rotatable bonds is 3. The van der Waals surface area contributed by atoms with Crippen LogP contribution in [-0.2, 0) is 0 Å². The van der Waals surface area contributed by atoms with Crippen LogP contribution in [0.2, 0.25) is 0 Å². The molecule has 94 valence electrons. The van der Waals surface area contributed by atoms with Crippen LogP contribution >= 0.6 is 0 Å². The minimum Gasteiger partial charge on any atom is -0.362 e. The summed E-state index contributed by atoms with van der Waals surface area (Å²) in [6.07, 6.45) is 8.25. The molecule has 0 radical (unpaired) electrons. The zero-order valence-electron chi connectivity index (χ0n) is 10.7. The summed E-state index contributed by atoms with van der Waals surface area (Å²) in [5, 5.41) is 3.54. The fourth-order valence-corrected chi connectivity index (χ4v) is 2.79. The second-order valence-electron chi connectivity index (χ2n) is 5.30. The molecule has 4 heteroatoms. The van der Waals surface area contributed by atoms with Crippen LogP contribution < -0.4 is 11.1 Å². The molecule has 1 aromatic heterocycles. The fourth-order valence-electron chi connectivity index (χ4n) is 2.79. The van der Waals surface area contributed by atoms with E-state index in [2.05, 4.69) is 22.2 Å². The molecule has 0 spiro atoms. The maximum atomic E-state index is 5.99. The molecule has 4 nitrogen and oxygen atoms in total. The van der Waals surface area contributed by atoms with Crippen LogP contribution in [-0.4, -0.2) is 22.1 Å². The molecule has 0 saturated heterocycles. The van der Waals surface area contributed by atoms with Crippen LogP contribution in [0.25, 0.3) is 0 Å². The predicted molar refractivity (Wildman–Crippen MR) is 69.8 cm³/mol. The lowest BCUT2D eigenvalue weighted by Gasteiger charge is -2.40. The van der Waals surface area contributed by atoms with E-state index >= 15 is 0 Å². The highest BCUT2D eigenvalue weighted by Crippen LogP contribution is 2.34. The van der Waals surface area contributed by atoms with E-state index < -0.39 is 0 Å². The molecule has 0 aliphatic heterocycles. The molecule has 1 fully saturated rings. The highest BCUT2D eigenvalue weighted by molar-refractivity contribution is 5.41. The lowest BCUT2D eigenvalue weighted by atomic mass is 9.76. The van der Waals surface area contributed by atoms with E-state index in [0.717, 1.165) is 30.3 Å². The van der Waals surface area contributed by atoms with Crippen molar-refractivity contribution in [2.45, 2.75) is 45.1 Å². The number of aromatic nitrogens is 2. The van der Waals surface area contributed by atoms with Gasteiger partial charge in [-0.2, -0.15) is 0 Å². The average molecular weight is 234 g/mol. The predicted octanol–water partition coefficient (Wildman–Crippen LogP) is 2.10. The molecular weight excluding hydrogens is 212 g/mol. The second-order valence-corrected chi connectivity index (χ2v) is 5.30. The van der Waals surface area contributed by atoms with Gasteiger partial charge in [-0.1, -0.05) is 19.8 Å². The van der Waals surface area contributed by atoms with Crippen LogP contribution in [0.15, 0.2) is 12.4 Å². The minimum absolute atomic E-state index is 0.0124. The van der Waals surface area contributed by atoms with Crippen molar-refractivity contribution in [1.82, 2.24) is 9.97 Å². The Morgan fingerprint density at radius 1 is 1.47 bits per heavy atom. The summed E-state index contributed by atoms with van der Waals surface area (Å²) < 4.78 is 0. The molecule has 0 bridgehead atoms. The van der Waals surface area contributed by atoms with Crippen molar-refractivity contribution >= 4 is 5.82 Å². The number of nitrogens with two attached hydrogens (primary N) is 1. The van der Waals surface area contributed by atoms with Gasteiger partial charge in [0.25, 0.3) is 0 Å². The van der Waals surface area contributed by atoms with Crippen molar-refractivity contribution in [2.24, 2.45) is 11.7 Å². The van der Waals surface area contributed by atoms with Gasteiger partial charge in [-0.05, 0) is 25.7 Å². The fraction of sp³-hybridized carbons (Fsp3) is 0.692. The summed E-state index contributed by atoms with van der Waals surface area (Å²) >= 11 is 0. The molecule has 17 heavy (non-hydrogen) atoms. The third kappa shape index (κ3) is 2.75. The van der Waals surface area contributed by atoms with Crippen molar-refractivity contribution in [3.63, 3.8) is 0 Å². The summed E-state index contributed by atoms with van der Waals surface area (Å²) in [7, 11) is 0. The molecule has 0 aromatic carbocycles. The van der Waals surface area contributed by atoms with E-state index in [4.69, 9.17) is 5.73 Å². The van der Waals surface area contributed by atoms with Gasteiger partial charge in [0, 0.05) is 18.9 Å². The average Bonchev–Trinajstić information content (AvgIpc) is 2.32. The first-order valence-corrected chi connectivity index (χ1v) is 6.41. The van der Waals surface area contributed by atoms with Gasteiger partial charge < -0.3 is 11.1 Å². The lowest BCUT2D eigenvalue weighted by Crippen LogP contribution is -2.49. The van der Waals surface area contributed by atoms with Crippen LogP contribution in [0.5, 0.6) is 0 Å². The molecule has 1 aliphatic carbocycles. The molecule has 0 amide bonds. The molecule has 2 unspecified atom stereocenters. The normalized spacial score (nSPS) is 29.0. The third-order valence-electron chi connectivity index (χ3n) is 3.75. The molecular formula is C13H22N4. The smallest absolute Gasteiger partial charge is 0.147 e. The highest BCUT2D eigenvalue weighted by Gasteiger charge is 2.34. The maximum absolute atomic E-state index is 5.99. The summed E-state index contributed by atoms with van der Waals surface area (Å²) in [5.74, 6) is 1.61. The van der Waals surface area contributed by atoms with Crippen LogP contribution in [0.3, 0.4) is 0 Å². The van der Waals surface area contributed by atoms with Crippen molar-refractivity contribution in [3.8, 4) is 0 Å². The molecule has 1 aromatic rings. The SMILES string of the molecule is Cc1nccnc1NC1(CN)CCCC(C)C1. The Morgan fingerprint density at radius 2 is 2.24 bits per heavy atom. The van der Waals surface area contributed by atoms with Gasteiger partial charge in [-0.15, -0.1) is 0 Å². The maximum Gasteiger partial charge on any atom is 0.147 e. The summed E-state index contributed by atoms with van der Waals surface area (Å²) in [4.78, 5) is 8.62. The minimum atomic E-state index is 0.0124. The van der Waals surface area contributed by atoms with Gasteiger partial charge in [0.2, 0.25) is 0 Å². The Balaban J connectivity index is 2.17. The van der Waals surface area contributed by atoms with Crippen molar-refractivity contribution < 1.29 is 0 Å². The monoisotopic (exact) mass is 234 g/mol. The summed E-state index contributed by atoms with van der Waals surface area (Å²) in [6, 6.07) is 0. The van der Waals surface area contributed by atoms with Crippen molar-refractivity contribution in [3.05, 3.63) is 18.1 Å². The number of hydrogen-bond acceptors (Lipinski definition) is 4. The first-order valence-electron chi connectivity index (χ1n) is 6.41. The highest BCUT2D eigenvalue weighted by atomic mass is 15.1. The van der Waals surface area contributed by atoms with E-state index in [9.17, 15) is 0 Å². The van der Waals surface area contributed by atoms with Gasteiger partial charge in [0.15, 0.2) is 0 Å². The van der Waals surface area contributed by atoms with Gasteiger partial charge in [-0.3, -0.25) is 4.98 Å². The van der Waals surface area contributed by atoms with E-state index in [1.807, 2.05) is 6.92 Å². The number of nitrogens with one attached hydrogen (secondary N) is 1. The Labute approximate surface area is 103 Å². The van der Waals surface area contributed by atoms with E-state index in [1.54, 1.807) is 12.4 Å². The molecule has 1 saturated carbocycles.